The average Bonchev–Trinajstić information content (AvgIpc) is 3.22. The normalized spacial score (nSPS) is 26.1. The number of piperidine rings is 1. The van der Waals surface area contributed by atoms with Gasteiger partial charge in [0.1, 0.15) is 6.33 Å². The van der Waals surface area contributed by atoms with E-state index in [2.05, 4.69) is 20.4 Å². The molecule has 23 heavy (non-hydrogen) atoms. The van der Waals surface area contributed by atoms with Gasteiger partial charge in [-0.1, -0.05) is 0 Å². The van der Waals surface area contributed by atoms with E-state index in [1.807, 2.05) is 16.4 Å². The number of rotatable bonds is 3. The Kier molecular flexibility index (Phi) is 3.97. The lowest BCUT2D eigenvalue weighted by Gasteiger charge is -2.36. The van der Waals surface area contributed by atoms with Crippen molar-refractivity contribution in [3.63, 3.8) is 0 Å². The summed E-state index contributed by atoms with van der Waals surface area (Å²) in [7, 11) is 0. The number of amides is 2. The van der Waals surface area contributed by atoms with Crippen LogP contribution in [-0.4, -0.2) is 62.8 Å². The Balaban J connectivity index is 1.29. The van der Waals surface area contributed by atoms with E-state index in [9.17, 15) is 4.79 Å². The quantitative estimate of drug-likeness (QED) is 0.910. The van der Waals surface area contributed by atoms with Crippen molar-refractivity contribution in [1.82, 2.24) is 29.9 Å². The van der Waals surface area contributed by atoms with E-state index in [4.69, 9.17) is 0 Å². The molecule has 126 valence electrons. The minimum Gasteiger partial charge on any atom is -0.335 e. The lowest BCUT2D eigenvalue weighted by atomic mass is 10.0. The lowest BCUT2D eigenvalue weighted by Crippen LogP contribution is -2.52. The Bertz CT molecular complexity index is 561. The van der Waals surface area contributed by atoms with Crippen LogP contribution in [0.1, 0.15) is 44.5 Å². The molecule has 1 atom stereocenters. The molecule has 0 bridgehead atoms. The number of urea groups is 1. The van der Waals surface area contributed by atoms with Gasteiger partial charge in [-0.2, -0.15) is 0 Å². The molecule has 7 nitrogen and oxygen atoms in total. The van der Waals surface area contributed by atoms with Crippen molar-refractivity contribution in [3.8, 4) is 0 Å². The van der Waals surface area contributed by atoms with Crippen LogP contribution >= 0.6 is 0 Å². The molecule has 3 heterocycles. The summed E-state index contributed by atoms with van der Waals surface area (Å²) in [4.78, 5) is 17.1. The van der Waals surface area contributed by atoms with E-state index in [0.717, 1.165) is 50.8 Å². The minimum atomic E-state index is -0.0128. The maximum Gasteiger partial charge on any atom is 0.318 e. The first-order chi connectivity index (χ1) is 11.2. The molecule has 1 aromatic rings. The third-order valence-electron chi connectivity index (χ3n) is 5.46. The van der Waals surface area contributed by atoms with Crippen molar-refractivity contribution < 1.29 is 4.79 Å². The number of hydrogen-bond acceptors (Lipinski definition) is 4. The Morgan fingerprint density at radius 2 is 2.00 bits per heavy atom. The molecular weight excluding hydrogens is 292 g/mol. The first-order valence-corrected chi connectivity index (χ1v) is 8.88. The zero-order valence-corrected chi connectivity index (χ0v) is 13.8. The fourth-order valence-electron chi connectivity index (χ4n) is 3.77. The highest BCUT2D eigenvalue weighted by atomic mass is 16.2. The predicted molar refractivity (Wildman–Crippen MR) is 85.9 cm³/mol. The van der Waals surface area contributed by atoms with Crippen LogP contribution in [0.3, 0.4) is 0 Å². The number of carbonyl (C=O) groups excluding carboxylic acids is 1. The van der Waals surface area contributed by atoms with Crippen LogP contribution in [0.2, 0.25) is 0 Å². The Morgan fingerprint density at radius 3 is 2.74 bits per heavy atom. The van der Waals surface area contributed by atoms with Crippen molar-refractivity contribution in [2.75, 3.05) is 26.2 Å². The standard InChI is InChI=1S/C16H26N6O/c1-12-15-19-17-11-21(15)8-9-22(12)16(23)18-14-4-6-20(7-5-14)10-13-2-3-13/h11-14H,2-10H2,1H3,(H,18,23). The molecule has 1 saturated carbocycles. The molecule has 0 aromatic carbocycles. The molecular formula is C16H26N6O. The minimum absolute atomic E-state index is 0.0128. The average molecular weight is 318 g/mol. The molecule has 1 N–H and O–H groups in total. The highest BCUT2D eigenvalue weighted by Crippen LogP contribution is 2.30. The number of nitrogens with zero attached hydrogens (tertiary/aromatic N) is 5. The maximum absolute atomic E-state index is 12.6. The smallest absolute Gasteiger partial charge is 0.318 e. The highest BCUT2D eigenvalue weighted by molar-refractivity contribution is 5.75. The SMILES string of the molecule is CC1c2nncn2CCN1C(=O)NC1CCN(CC2CC2)CC1. The third kappa shape index (κ3) is 3.20. The van der Waals surface area contributed by atoms with Gasteiger partial charge in [0.15, 0.2) is 5.82 Å². The van der Waals surface area contributed by atoms with Gasteiger partial charge in [-0.15, -0.1) is 10.2 Å². The van der Waals surface area contributed by atoms with Crippen LogP contribution in [0.4, 0.5) is 4.79 Å². The summed E-state index contributed by atoms with van der Waals surface area (Å²) >= 11 is 0. The first kappa shape index (κ1) is 14.9. The van der Waals surface area contributed by atoms with Crippen LogP contribution in [0.5, 0.6) is 0 Å². The van der Waals surface area contributed by atoms with Gasteiger partial charge in [-0.3, -0.25) is 0 Å². The Labute approximate surface area is 137 Å². The van der Waals surface area contributed by atoms with Gasteiger partial charge in [0.05, 0.1) is 6.04 Å². The number of aromatic nitrogens is 3. The summed E-state index contributed by atoms with van der Waals surface area (Å²) in [5, 5.41) is 11.3. The number of fused-ring (bicyclic) bond motifs is 1. The van der Waals surface area contributed by atoms with E-state index in [0.29, 0.717) is 6.04 Å². The van der Waals surface area contributed by atoms with Crippen LogP contribution in [0.15, 0.2) is 6.33 Å². The molecule has 3 aliphatic rings. The zero-order chi connectivity index (χ0) is 15.8. The summed E-state index contributed by atoms with van der Waals surface area (Å²) in [5.74, 6) is 1.83. The number of nitrogens with one attached hydrogen (secondary N) is 1. The Morgan fingerprint density at radius 1 is 1.22 bits per heavy atom. The van der Waals surface area contributed by atoms with E-state index < -0.39 is 0 Å². The number of carbonyl (C=O) groups is 1. The highest BCUT2D eigenvalue weighted by Gasteiger charge is 2.32. The van der Waals surface area contributed by atoms with Crippen LogP contribution < -0.4 is 5.32 Å². The molecule has 1 aromatic heterocycles. The third-order valence-corrected chi connectivity index (χ3v) is 5.46. The topological polar surface area (TPSA) is 66.3 Å². The zero-order valence-electron chi connectivity index (χ0n) is 13.8. The lowest BCUT2D eigenvalue weighted by molar-refractivity contribution is 0.145. The fraction of sp³-hybridized carbons (Fsp3) is 0.812. The molecule has 2 aliphatic heterocycles. The van der Waals surface area contributed by atoms with Gasteiger partial charge >= 0.3 is 6.03 Å². The molecule has 4 rings (SSSR count). The Hall–Kier alpha value is -1.63. The molecule has 1 saturated heterocycles. The monoisotopic (exact) mass is 318 g/mol. The fourth-order valence-corrected chi connectivity index (χ4v) is 3.77. The van der Waals surface area contributed by atoms with Crippen molar-refractivity contribution >= 4 is 6.03 Å². The van der Waals surface area contributed by atoms with E-state index in [1.54, 1.807) is 6.33 Å². The maximum atomic E-state index is 12.6. The summed E-state index contributed by atoms with van der Waals surface area (Å²) < 4.78 is 2.03. The summed E-state index contributed by atoms with van der Waals surface area (Å²) in [6.45, 7) is 7.02. The van der Waals surface area contributed by atoms with Crippen LogP contribution in [0.25, 0.3) is 0 Å². The second-order valence-corrected chi connectivity index (χ2v) is 7.22. The molecule has 2 fully saturated rings. The van der Waals surface area contributed by atoms with Gasteiger partial charge in [-0.05, 0) is 38.5 Å². The van der Waals surface area contributed by atoms with E-state index >= 15 is 0 Å². The van der Waals surface area contributed by atoms with Crippen molar-refractivity contribution in [3.05, 3.63) is 12.2 Å². The summed E-state index contributed by atoms with van der Waals surface area (Å²) in [5.41, 5.74) is 0. The van der Waals surface area contributed by atoms with Crippen molar-refractivity contribution in [2.45, 2.75) is 51.2 Å². The van der Waals surface area contributed by atoms with Gasteiger partial charge in [0.2, 0.25) is 0 Å². The summed E-state index contributed by atoms with van der Waals surface area (Å²) in [6.07, 6.45) is 6.70. The van der Waals surface area contributed by atoms with Crippen LogP contribution in [-0.2, 0) is 6.54 Å². The molecule has 0 spiro atoms. The van der Waals surface area contributed by atoms with Gasteiger partial charge < -0.3 is 19.7 Å². The van der Waals surface area contributed by atoms with Crippen LogP contribution in [0, 0.1) is 5.92 Å². The van der Waals surface area contributed by atoms with E-state index in [-0.39, 0.29) is 12.1 Å². The van der Waals surface area contributed by atoms with Gasteiger partial charge in [0, 0.05) is 38.8 Å². The molecule has 2 amide bonds. The molecule has 7 heteroatoms. The van der Waals surface area contributed by atoms with Crippen molar-refractivity contribution in [1.29, 1.82) is 0 Å². The number of hydrogen-bond donors (Lipinski definition) is 1. The number of likely N-dealkylation sites (tertiary alicyclic amines) is 1. The second kappa shape index (κ2) is 6.11. The second-order valence-electron chi connectivity index (χ2n) is 7.22. The van der Waals surface area contributed by atoms with Gasteiger partial charge in [0.25, 0.3) is 0 Å². The van der Waals surface area contributed by atoms with E-state index in [1.165, 1.54) is 19.4 Å². The largest absolute Gasteiger partial charge is 0.335 e. The molecule has 1 unspecified atom stereocenters. The van der Waals surface area contributed by atoms with Gasteiger partial charge in [-0.25, -0.2) is 4.79 Å². The predicted octanol–water partition coefficient (Wildman–Crippen LogP) is 1.24. The van der Waals surface area contributed by atoms with Crippen molar-refractivity contribution in [2.24, 2.45) is 5.92 Å². The first-order valence-electron chi connectivity index (χ1n) is 8.88. The summed E-state index contributed by atoms with van der Waals surface area (Å²) in [6, 6.07) is 0.346. The molecule has 0 radical (unpaired) electrons. The molecule has 1 aliphatic carbocycles.